The van der Waals surface area contributed by atoms with Crippen LogP contribution in [-0.4, -0.2) is 20.9 Å². The lowest BCUT2D eigenvalue weighted by molar-refractivity contribution is -0.122. The maximum absolute atomic E-state index is 11.4. The Balaban J connectivity index is 2.32. The van der Waals surface area contributed by atoms with Crippen LogP contribution in [0.25, 0.3) is 0 Å². The fourth-order valence-corrected chi connectivity index (χ4v) is 3.86. The summed E-state index contributed by atoms with van der Waals surface area (Å²) < 4.78 is 6.04. The zero-order chi connectivity index (χ0) is 13.7. The molecule has 0 bridgehead atoms. The Labute approximate surface area is 115 Å². The molecule has 0 aliphatic heterocycles. The Bertz CT molecular complexity index is 485. The SMILES string of the molecule is CC(=O)[C@H](C)O[Si](c1ccccc1)c1ccccc1. The van der Waals surface area contributed by atoms with Crippen molar-refractivity contribution in [1.29, 1.82) is 0 Å². The maximum atomic E-state index is 11.4. The number of benzene rings is 2. The van der Waals surface area contributed by atoms with E-state index in [0.717, 1.165) is 10.4 Å². The second-order valence-electron chi connectivity index (χ2n) is 4.43. The summed E-state index contributed by atoms with van der Waals surface area (Å²) in [6.07, 6.45) is -0.366. The Morgan fingerprint density at radius 3 is 1.74 bits per heavy atom. The molecule has 0 heterocycles. The summed E-state index contributed by atoms with van der Waals surface area (Å²) in [4.78, 5) is 11.4. The quantitative estimate of drug-likeness (QED) is 0.774. The van der Waals surface area contributed by atoms with E-state index < -0.39 is 9.04 Å². The standard InChI is InChI=1S/C16H17O2Si/c1-13(17)14(2)18-19(15-9-5-3-6-10-15)16-11-7-4-8-12-16/h3-12,14H,1-2H3/t14-/m0/s1. The van der Waals surface area contributed by atoms with Gasteiger partial charge in [-0.3, -0.25) is 4.79 Å². The maximum Gasteiger partial charge on any atom is 0.283 e. The van der Waals surface area contributed by atoms with E-state index in [-0.39, 0.29) is 11.9 Å². The van der Waals surface area contributed by atoms with Crippen molar-refractivity contribution in [3.05, 3.63) is 60.7 Å². The minimum atomic E-state index is -1.36. The molecule has 19 heavy (non-hydrogen) atoms. The summed E-state index contributed by atoms with van der Waals surface area (Å²) in [7, 11) is -1.36. The molecule has 0 spiro atoms. The lowest BCUT2D eigenvalue weighted by atomic mass is 10.3. The molecule has 2 rings (SSSR count). The molecule has 0 amide bonds. The van der Waals surface area contributed by atoms with Gasteiger partial charge >= 0.3 is 0 Å². The van der Waals surface area contributed by atoms with Crippen molar-refractivity contribution in [2.24, 2.45) is 0 Å². The summed E-state index contributed by atoms with van der Waals surface area (Å²) >= 11 is 0. The molecular weight excluding hydrogens is 252 g/mol. The minimum absolute atomic E-state index is 0.0642. The van der Waals surface area contributed by atoms with E-state index in [4.69, 9.17) is 4.43 Å². The molecule has 0 saturated carbocycles. The number of rotatable bonds is 5. The summed E-state index contributed by atoms with van der Waals surface area (Å²) in [5, 5.41) is 2.32. The second kappa shape index (κ2) is 6.45. The van der Waals surface area contributed by atoms with Gasteiger partial charge in [0.15, 0.2) is 5.78 Å². The largest absolute Gasteiger partial charge is 0.397 e. The molecule has 0 N–H and O–H groups in total. The molecule has 2 nitrogen and oxygen atoms in total. The van der Waals surface area contributed by atoms with Gasteiger partial charge in [0.25, 0.3) is 9.04 Å². The van der Waals surface area contributed by atoms with Crippen molar-refractivity contribution < 1.29 is 9.22 Å². The van der Waals surface area contributed by atoms with Gasteiger partial charge in [0.05, 0.1) is 0 Å². The third-order valence-electron chi connectivity index (χ3n) is 2.94. The van der Waals surface area contributed by atoms with Crippen LogP contribution in [0.3, 0.4) is 0 Å². The van der Waals surface area contributed by atoms with Gasteiger partial charge < -0.3 is 4.43 Å². The molecule has 2 aromatic rings. The Kier molecular flexibility index (Phi) is 4.66. The first-order valence-corrected chi connectivity index (χ1v) is 7.74. The number of hydrogen-bond donors (Lipinski definition) is 0. The van der Waals surface area contributed by atoms with Crippen molar-refractivity contribution in [2.45, 2.75) is 20.0 Å². The average Bonchev–Trinajstić information content (AvgIpc) is 2.46. The van der Waals surface area contributed by atoms with E-state index in [9.17, 15) is 4.79 Å². The van der Waals surface area contributed by atoms with Gasteiger partial charge in [0, 0.05) is 0 Å². The number of Topliss-reactive ketones (excluding diaryl/α,β-unsaturated/α-hetero) is 1. The molecule has 0 fully saturated rings. The summed E-state index contributed by atoms with van der Waals surface area (Å²) in [5.41, 5.74) is 0. The molecule has 0 aromatic heterocycles. The zero-order valence-electron chi connectivity index (χ0n) is 11.2. The van der Waals surface area contributed by atoms with Crippen LogP contribution in [0.4, 0.5) is 0 Å². The molecule has 0 unspecified atom stereocenters. The molecule has 1 atom stereocenters. The number of ketones is 1. The average molecular weight is 269 g/mol. The highest BCUT2D eigenvalue weighted by Gasteiger charge is 2.23. The van der Waals surface area contributed by atoms with Crippen molar-refractivity contribution in [3.8, 4) is 0 Å². The van der Waals surface area contributed by atoms with Gasteiger partial charge in [-0.1, -0.05) is 60.7 Å². The summed E-state index contributed by atoms with van der Waals surface area (Å²) in [6.45, 7) is 3.39. The van der Waals surface area contributed by atoms with Crippen molar-refractivity contribution >= 4 is 25.2 Å². The van der Waals surface area contributed by atoms with E-state index in [1.807, 2.05) is 43.3 Å². The molecule has 0 aliphatic carbocycles. The fraction of sp³-hybridized carbons (Fsp3) is 0.188. The molecule has 3 heteroatoms. The second-order valence-corrected chi connectivity index (χ2v) is 6.48. The lowest BCUT2D eigenvalue weighted by Crippen LogP contribution is -2.47. The molecule has 2 aromatic carbocycles. The van der Waals surface area contributed by atoms with Gasteiger partial charge in [-0.2, -0.15) is 0 Å². The highest BCUT2D eigenvalue weighted by atomic mass is 28.3. The van der Waals surface area contributed by atoms with Crippen LogP contribution in [0.15, 0.2) is 60.7 Å². The van der Waals surface area contributed by atoms with Gasteiger partial charge in [0.1, 0.15) is 6.10 Å². The van der Waals surface area contributed by atoms with Gasteiger partial charge in [-0.05, 0) is 24.2 Å². The van der Waals surface area contributed by atoms with Crippen LogP contribution in [0.2, 0.25) is 0 Å². The normalized spacial score (nSPS) is 12.4. The first-order valence-electron chi connectivity index (χ1n) is 6.33. The van der Waals surface area contributed by atoms with E-state index in [0.29, 0.717) is 0 Å². The van der Waals surface area contributed by atoms with Gasteiger partial charge in [-0.15, -0.1) is 0 Å². The Morgan fingerprint density at radius 2 is 1.37 bits per heavy atom. The fourth-order valence-electron chi connectivity index (χ4n) is 1.74. The van der Waals surface area contributed by atoms with Gasteiger partial charge in [-0.25, -0.2) is 0 Å². The predicted octanol–water partition coefficient (Wildman–Crippen LogP) is 1.79. The van der Waals surface area contributed by atoms with Crippen LogP contribution < -0.4 is 10.4 Å². The Hall–Kier alpha value is -1.71. The van der Waals surface area contributed by atoms with Gasteiger partial charge in [0.2, 0.25) is 0 Å². The molecule has 97 valence electrons. The summed E-state index contributed by atoms with van der Waals surface area (Å²) in [6, 6.07) is 20.3. The highest BCUT2D eigenvalue weighted by molar-refractivity contribution is 6.80. The first-order chi connectivity index (χ1) is 9.18. The predicted molar refractivity (Wildman–Crippen MR) is 79.1 cm³/mol. The van der Waals surface area contributed by atoms with Crippen LogP contribution >= 0.6 is 0 Å². The third kappa shape index (κ3) is 3.62. The van der Waals surface area contributed by atoms with Crippen molar-refractivity contribution in [1.82, 2.24) is 0 Å². The molecular formula is C16H17O2Si. The van der Waals surface area contributed by atoms with Crippen LogP contribution in [0.5, 0.6) is 0 Å². The van der Waals surface area contributed by atoms with Crippen molar-refractivity contribution in [3.63, 3.8) is 0 Å². The van der Waals surface area contributed by atoms with Crippen molar-refractivity contribution in [2.75, 3.05) is 0 Å². The number of carbonyl (C=O) groups excluding carboxylic acids is 1. The minimum Gasteiger partial charge on any atom is -0.397 e. The Morgan fingerprint density at radius 1 is 0.947 bits per heavy atom. The number of hydrogen-bond acceptors (Lipinski definition) is 2. The first kappa shape index (κ1) is 13.7. The summed E-state index contributed by atoms with van der Waals surface area (Å²) in [5.74, 6) is 0.0642. The third-order valence-corrected chi connectivity index (χ3v) is 5.24. The van der Waals surface area contributed by atoms with E-state index in [2.05, 4.69) is 24.3 Å². The smallest absolute Gasteiger partial charge is 0.283 e. The topological polar surface area (TPSA) is 26.3 Å². The molecule has 0 saturated heterocycles. The highest BCUT2D eigenvalue weighted by Crippen LogP contribution is 2.00. The lowest BCUT2D eigenvalue weighted by Gasteiger charge is -2.19. The molecule has 1 radical (unpaired) electrons. The molecule has 0 aliphatic rings. The van der Waals surface area contributed by atoms with E-state index in [1.54, 1.807) is 6.92 Å². The monoisotopic (exact) mass is 269 g/mol. The van der Waals surface area contributed by atoms with E-state index in [1.165, 1.54) is 0 Å². The van der Waals surface area contributed by atoms with Crippen LogP contribution in [0, 0.1) is 0 Å². The van der Waals surface area contributed by atoms with Crippen LogP contribution in [-0.2, 0) is 9.22 Å². The van der Waals surface area contributed by atoms with Crippen LogP contribution in [0.1, 0.15) is 13.8 Å². The zero-order valence-corrected chi connectivity index (χ0v) is 12.2. The van der Waals surface area contributed by atoms with E-state index >= 15 is 0 Å². The number of carbonyl (C=O) groups is 1.